The van der Waals surface area contributed by atoms with Crippen molar-refractivity contribution < 1.29 is 23.1 Å². The van der Waals surface area contributed by atoms with Crippen molar-refractivity contribution in [1.29, 1.82) is 1.43 Å². The lowest BCUT2D eigenvalue weighted by Gasteiger charge is -2.37. The molecule has 1 aliphatic heterocycles. The van der Waals surface area contributed by atoms with Gasteiger partial charge in [0.1, 0.15) is 0 Å². The van der Waals surface area contributed by atoms with Crippen LogP contribution in [0.4, 0.5) is 0 Å². The van der Waals surface area contributed by atoms with Gasteiger partial charge in [-0.3, -0.25) is 4.79 Å². The highest BCUT2D eigenvalue weighted by molar-refractivity contribution is 7.89. The summed E-state index contributed by atoms with van der Waals surface area (Å²) in [6, 6.07) is 9.20. The number of sulfonamides is 1. The van der Waals surface area contributed by atoms with Crippen LogP contribution in [0.15, 0.2) is 30.3 Å². The number of carbonyl (C=O) groups is 1. The number of benzene rings is 1. The molecule has 1 aromatic rings. The van der Waals surface area contributed by atoms with Crippen molar-refractivity contribution in [2.24, 2.45) is 5.92 Å². The minimum Gasteiger partial charge on any atom is -0.391 e. The molecule has 7 heteroatoms. The van der Waals surface area contributed by atoms with Gasteiger partial charge in [-0.25, -0.2) is 12.7 Å². The first-order valence-electron chi connectivity index (χ1n) is 7.01. The molecule has 21 heavy (non-hydrogen) atoms. The maximum absolute atomic E-state index is 12.1. The molecule has 1 heterocycles. The summed E-state index contributed by atoms with van der Waals surface area (Å²) in [5.74, 6) is -0.955. The maximum Gasteiger partial charge on any atom is 0.239 e. The minimum absolute atomic E-state index is 0.0330. The van der Waals surface area contributed by atoms with Gasteiger partial charge in [0.05, 0.1) is 19.5 Å². The average Bonchev–Trinajstić information content (AvgIpc) is 2.69. The molecule has 1 fully saturated rings. The zero-order valence-electron chi connectivity index (χ0n) is 13.0. The van der Waals surface area contributed by atoms with Crippen LogP contribution in [0, 0.1) is 5.92 Å². The summed E-state index contributed by atoms with van der Waals surface area (Å²) in [7, 11) is -3.82. The highest BCUT2D eigenvalue weighted by Crippen LogP contribution is 2.39. The van der Waals surface area contributed by atoms with Gasteiger partial charge in [0.2, 0.25) is 17.4 Å². The average molecular weight is 315 g/mol. The first-order valence-corrected chi connectivity index (χ1v) is 8.45. The second kappa shape index (κ2) is 5.75. The summed E-state index contributed by atoms with van der Waals surface area (Å²) in [5.41, 5.74) is -0.644. The number of rotatable bonds is 6. The quantitative estimate of drug-likeness (QED) is 0.836. The largest absolute Gasteiger partial charge is 0.391 e. The summed E-state index contributed by atoms with van der Waals surface area (Å²) in [6.45, 7) is 1.50. The van der Waals surface area contributed by atoms with E-state index >= 15 is 0 Å². The lowest BCUT2D eigenvalue weighted by atomic mass is 9.99. The monoisotopic (exact) mass is 315 g/mol. The van der Waals surface area contributed by atoms with Gasteiger partial charge >= 0.3 is 0 Å². The van der Waals surface area contributed by atoms with Crippen molar-refractivity contribution in [1.82, 2.24) is 4.31 Å². The van der Waals surface area contributed by atoms with Crippen LogP contribution in [0.25, 0.3) is 0 Å². The van der Waals surface area contributed by atoms with Crippen LogP contribution in [0.2, 0.25) is 0 Å². The van der Waals surface area contributed by atoms with Crippen LogP contribution in [0.3, 0.4) is 0 Å². The fourth-order valence-electron chi connectivity index (χ4n) is 2.61. The van der Waals surface area contributed by atoms with Gasteiger partial charge in [-0.15, -0.1) is 0 Å². The van der Waals surface area contributed by atoms with Crippen molar-refractivity contribution in [2.75, 3.05) is 12.9 Å². The van der Waals surface area contributed by atoms with Crippen molar-refractivity contribution in [2.45, 2.75) is 25.7 Å². The highest BCUT2D eigenvalue weighted by atomic mass is 32.2. The van der Waals surface area contributed by atoms with Crippen LogP contribution >= 0.6 is 0 Å². The van der Waals surface area contributed by atoms with E-state index in [1.165, 1.54) is 0 Å². The van der Waals surface area contributed by atoms with Crippen LogP contribution in [0.5, 0.6) is 0 Å². The van der Waals surface area contributed by atoms with E-state index in [2.05, 4.69) is 5.11 Å². The van der Waals surface area contributed by atoms with Gasteiger partial charge in [0.15, 0.2) is 5.72 Å². The van der Waals surface area contributed by atoms with Crippen LogP contribution in [-0.2, 0) is 26.2 Å². The van der Waals surface area contributed by atoms with Crippen molar-refractivity contribution >= 4 is 15.9 Å². The molecular formula is C14H19NO5S. The molecule has 1 saturated heterocycles. The summed E-state index contributed by atoms with van der Waals surface area (Å²) in [5, 5.41) is 4.43. The first-order chi connectivity index (χ1) is 10.3. The molecule has 0 radical (unpaired) electrons. The molecule has 0 aliphatic carbocycles. The normalized spacial score (nSPS) is 27.0. The van der Waals surface area contributed by atoms with Gasteiger partial charge in [-0.2, -0.15) is 0 Å². The van der Waals surface area contributed by atoms with E-state index in [1.54, 1.807) is 6.92 Å². The molecule has 0 spiro atoms. The number of aliphatic hydroxyl groups excluding tert-OH is 1. The summed E-state index contributed by atoms with van der Waals surface area (Å²) in [6.07, 6.45) is 0.985. The molecule has 0 bridgehead atoms. The molecule has 1 N–H and O–H groups in total. The van der Waals surface area contributed by atoms with E-state index < -0.39 is 27.6 Å². The molecule has 0 aromatic heterocycles. The fraction of sp³-hybridized carbons (Fsp3) is 0.500. The highest BCUT2D eigenvalue weighted by Gasteiger charge is 2.55. The van der Waals surface area contributed by atoms with Gasteiger partial charge in [0.25, 0.3) is 0 Å². The number of hydrogen-bond donors (Lipinski definition) is 1. The van der Waals surface area contributed by atoms with Gasteiger partial charge in [-0.1, -0.05) is 37.3 Å². The maximum atomic E-state index is 12.1. The van der Waals surface area contributed by atoms with E-state index in [0.29, 0.717) is 0 Å². The van der Waals surface area contributed by atoms with Crippen molar-refractivity contribution in [3.8, 4) is 0 Å². The molecule has 116 valence electrons. The number of carbonyl (C=O) groups excluding carboxylic acids is 1. The Hall–Kier alpha value is -1.44. The number of hydrogen-bond acceptors (Lipinski definition) is 5. The lowest BCUT2D eigenvalue weighted by Crippen LogP contribution is -2.55. The molecule has 1 amide bonds. The molecule has 2 atom stereocenters. The first kappa shape index (κ1) is 14.5. The predicted octanol–water partition coefficient (Wildman–Crippen LogP) is 0.720. The Bertz CT molecular complexity index is 636. The SMILES string of the molecule is [3H]OCC1(OCc2ccccc2)[C@@H](C)CC(=O)N1S(C)(=O)=O. The Kier molecular flexibility index (Phi) is 3.97. The summed E-state index contributed by atoms with van der Waals surface area (Å²) in [4.78, 5) is 12.1. The van der Waals surface area contributed by atoms with Crippen molar-refractivity contribution in [3.05, 3.63) is 35.9 Å². The van der Waals surface area contributed by atoms with E-state index in [-0.39, 0.29) is 19.6 Å². The Labute approximate surface area is 125 Å². The Morgan fingerprint density at radius 1 is 1.48 bits per heavy atom. The van der Waals surface area contributed by atoms with Gasteiger partial charge < -0.3 is 9.85 Å². The molecule has 1 unspecified atom stereocenters. The fourth-order valence-corrected chi connectivity index (χ4v) is 3.90. The third-order valence-corrected chi connectivity index (χ3v) is 4.87. The minimum atomic E-state index is -3.82. The zero-order chi connectivity index (χ0) is 16.4. The van der Waals surface area contributed by atoms with Crippen LogP contribution in [-0.4, -0.2) is 43.8 Å². The Morgan fingerprint density at radius 3 is 2.71 bits per heavy atom. The molecule has 1 aliphatic rings. The van der Waals surface area contributed by atoms with Gasteiger partial charge in [-0.05, 0) is 5.56 Å². The predicted molar refractivity (Wildman–Crippen MR) is 76.5 cm³/mol. The van der Waals surface area contributed by atoms with E-state index in [9.17, 15) is 13.2 Å². The van der Waals surface area contributed by atoms with E-state index in [0.717, 1.165) is 16.1 Å². The van der Waals surface area contributed by atoms with Crippen molar-refractivity contribution in [3.63, 3.8) is 0 Å². The summed E-state index contributed by atoms with van der Waals surface area (Å²) >= 11 is 0. The number of amides is 1. The number of ether oxygens (including phenoxy) is 1. The van der Waals surface area contributed by atoms with E-state index in [4.69, 9.17) is 6.17 Å². The third-order valence-electron chi connectivity index (χ3n) is 3.69. The molecule has 0 saturated carbocycles. The number of aliphatic hydroxyl groups is 1. The van der Waals surface area contributed by atoms with Crippen LogP contribution in [0.1, 0.15) is 18.9 Å². The molecule has 2 rings (SSSR count). The second-order valence-electron chi connectivity index (χ2n) is 5.29. The summed E-state index contributed by atoms with van der Waals surface area (Å²) < 4.78 is 37.6. The smallest absolute Gasteiger partial charge is 0.239 e. The zero-order valence-corrected chi connectivity index (χ0v) is 12.8. The lowest BCUT2D eigenvalue weighted by molar-refractivity contribution is -0.169. The third kappa shape index (κ3) is 2.95. The number of nitrogens with zero attached hydrogens (tertiary/aromatic N) is 1. The van der Waals surface area contributed by atoms with Gasteiger partial charge in [0, 0.05) is 12.3 Å². The topological polar surface area (TPSA) is 83.9 Å². The Balaban J connectivity index is 2.34. The molecule has 1 aromatic carbocycles. The Morgan fingerprint density at radius 2 is 2.14 bits per heavy atom. The second-order valence-corrected chi connectivity index (χ2v) is 7.12. The molecular weight excluding hydrogens is 294 g/mol. The van der Waals surface area contributed by atoms with Crippen LogP contribution < -0.4 is 0 Å². The standard InChI is InChI=1S/C14H19NO5S/c1-11-8-13(17)15(21(2,18)19)14(11,10-16)20-9-12-6-4-3-5-7-12/h3-7,11,16H,8-10H2,1-2H3/t11-,14?/m0/s1/i16T. The molecule has 6 nitrogen and oxygen atoms in total. The van der Waals surface area contributed by atoms with E-state index in [1.807, 2.05) is 30.3 Å².